The Kier molecular flexibility index (Phi) is 3.26. The van der Waals surface area contributed by atoms with E-state index in [1.165, 1.54) is 0 Å². The molecule has 3 rings (SSSR count). The van der Waals surface area contributed by atoms with Crippen LogP contribution in [-0.4, -0.2) is 5.78 Å². The lowest BCUT2D eigenvalue weighted by Crippen LogP contribution is -2.36. The Bertz CT molecular complexity index is 702. The Morgan fingerprint density at radius 3 is 2.81 bits per heavy atom. The van der Waals surface area contributed by atoms with Gasteiger partial charge in [-0.3, -0.25) is 4.79 Å². The molecular weight excluding hydrogens is 280 g/mol. The van der Waals surface area contributed by atoms with Crippen molar-refractivity contribution < 1.29 is 4.79 Å². The summed E-state index contributed by atoms with van der Waals surface area (Å²) < 4.78 is 0. The number of allylic oxidation sites excluding steroid dienone is 4. The summed E-state index contributed by atoms with van der Waals surface area (Å²) in [4.78, 5) is 13.8. The number of carbonyl (C=O) groups is 1. The van der Waals surface area contributed by atoms with Crippen LogP contribution in [-0.2, 0) is 4.79 Å². The van der Waals surface area contributed by atoms with Crippen LogP contribution in [0.4, 0.5) is 0 Å². The average molecular weight is 298 g/mol. The highest BCUT2D eigenvalue weighted by Crippen LogP contribution is 2.47. The maximum atomic E-state index is 12.7. The highest BCUT2D eigenvalue weighted by Gasteiger charge is 2.41. The highest BCUT2D eigenvalue weighted by molar-refractivity contribution is 7.10. The lowest BCUT2D eigenvalue weighted by Gasteiger charge is -2.38. The molecule has 0 radical (unpaired) electrons. The molecule has 1 aliphatic carbocycles. The number of carbonyl (C=O) groups excluding carboxylic acids is 1. The molecule has 1 aromatic heterocycles. The first-order valence-electron chi connectivity index (χ1n) is 7.10. The SMILES string of the molecule is CC1=C(C#N)C(c2cccs2)C2=C(CC(C)(C)CC2=O)N1. The summed E-state index contributed by atoms with van der Waals surface area (Å²) in [5.74, 6) is -0.0118. The van der Waals surface area contributed by atoms with Crippen LogP contribution in [0.1, 0.15) is 44.4 Å². The van der Waals surface area contributed by atoms with Crippen LogP contribution < -0.4 is 5.32 Å². The molecule has 2 aliphatic rings. The van der Waals surface area contributed by atoms with Crippen molar-refractivity contribution >= 4 is 17.1 Å². The average Bonchev–Trinajstić information content (AvgIpc) is 2.88. The van der Waals surface area contributed by atoms with Crippen LogP contribution >= 0.6 is 11.3 Å². The zero-order valence-electron chi connectivity index (χ0n) is 12.5. The van der Waals surface area contributed by atoms with E-state index in [1.807, 2.05) is 24.4 Å². The van der Waals surface area contributed by atoms with Crippen molar-refractivity contribution in [3.8, 4) is 6.07 Å². The van der Waals surface area contributed by atoms with E-state index in [-0.39, 0.29) is 17.1 Å². The van der Waals surface area contributed by atoms with Gasteiger partial charge >= 0.3 is 0 Å². The lowest BCUT2D eigenvalue weighted by atomic mass is 9.70. The Morgan fingerprint density at radius 1 is 1.43 bits per heavy atom. The van der Waals surface area contributed by atoms with Gasteiger partial charge in [-0.2, -0.15) is 5.26 Å². The molecule has 4 heteroatoms. The summed E-state index contributed by atoms with van der Waals surface area (Å²) in [5.41, 5.74) is 3.34. The maximum Gasteiger partial charge on any atom is 0.162 e. The van der Waals surface area contributed by atoms with Crippen LogP contribution in [0.25, 0.3) is 0 Å². The first-order valence-corrected chi connectivity index (χ1v) is 7.98. The van der Waals surface area contributed by atoms with Crippen molar-refractivity contribution in [2.24, 2.45) is 5.41 Å². The van der Waals surface area contributed by atoms with Gasteiger partial charge in [0.05, 0.1) is 17.6 Å². The fraction of sp³-hybridized carbons (Fsp3) is 0.412. The van der Waals surface area contributed by atoms with Crippen molar-refractivity contribution in [3.63, 3.8) is 0 Å². The van der Waals surface area contributed by atoms with Gasteiger partial charge < -0.3 is 5.32 Å². The second-order valence-electron chi connectivity index (χ2n) is 6.56. The van der Waals surface area contributed by atoms with Gasteiger partial charge in [-0.1, -0.05) is 19.9 Å². The third-order valence-corrected chi connectivity index (χ3v) is 5.13. The fourth-order valence-corrected chi connectivity index (χ4v) is 4.17. The van der Waals surface area contributed by atoms with Crippen LogP contribution in [0.15, 0.2) is 40.1 Å². The van der Waals surface area contributed by atoms with E-state index in [2.05, 4.69) is 25.2 Å². The van der Waals surface area contributed by atoms with E-state index in [1.54, 1.807) is 11.3 Å². The Hall–Kier alpha value is -1.86. The minimum Gasteiger partial charge on any atom is -0.361 e. The molecule has 3 nitrogen and oxygen atoms in total. The molecule has 1 unspecified atom stereocenters. The predicted octanol–water partition coefficient (Wildman–Crippen LogP) is 3.88. The standard InChI is InChI=1S/C17H18N2OS/c1-10-11(9-18)15(14-5-4-6-21-14)16-12(19-10)7-17(2,3)8-13(16)20/h4-6,15,19H,7-8H2,1-3H3. The number of nitrogens with zero attached hydrogens (tertiary/aromatic N) is 1. The number of rotatable bonds is 1. The minimum atomic E-state index is -0.185. The lowest BCUT2D eigenvalue weighted by molar-refractivity contribution is -0.118. The van der Waals surface area contributed by atoms with Crippen molar-refractivity contribution in [1.82, 2.24) is 5.32 Å². The summed E-state index contributed by atoms with van der Waals surface area (Å²) in [6, 6.07) is 6.30. The van der Waals surface area contributed by atoms with Crippen LogP contribution in [0, 0.1) is 16.7 Å². The van der Waals surface area contributed by atoms with Crippen LogP contribution in [0.2, 0.25) is 0 Å². The molecule has 0 fully saturated rings. The number of thiophene rings is 1. The van der Waals surface area contributed by atoms with Gasteiger partial charge in [0.25, 0.3) is 0 Å². The first-order chi connectivity index (χ1) is 9.93. The quantitative estimate of drug-likeness (QED) is 0.856. The van der Waals surface area contributed by atoms with Gasteiger partial charge in [0.2, 0.25) is 0 Å². The largest absolute Gasteiger partial charge is 0.361 e. The van der Waals surface area contributed by atoms with Crippen molar-refractivity contribution in [2.75, 3.05) is 0 Å². The smallest absolute Gasteiger partial charge is 0.162 e. The van der Waals surface area contributed by atoms with Crippen molar-refractivity contribution in [1.29, 1.82) is 5.26 Å². The molecule has 0 bridgehead atoms. The molecule has 1 aromatic rings. The summed E-state index contributed by atoms with van der Waals surface area (Å²) in [6.07, 6.45) is 1.40. The van der Waals surface area contributed by atoms with Crippen LogP contribution in [0.5, 0.6) is 0 Å². The van der Waals surface area contributed by atoms with E-state index in [9.17, 15) is 10.1 Å². The molecule has 1 N–H and O–H groups in total. The second-order valence-corrected chi connectivity index (χ2v) is 7.54. The topological polar surface area (TPSA) is 52.9 Å². The maximum absolute atomic E-state index is 12.7. The number of hydrogen-bond acceptors (Lipinski definition) is 4. The molecule has 2 heterocycles. The second kappa shape index (κ2) is 4.85. The summed E-state index contributed by atoms with van der Waals surface area (Å²) in [7, 11) is 0. The summed E-state index contributed by atoms with van der Waals surface area (Å²) >= 11 is 1.61. The van der Waals surface area contributed by atoms with Gasteiger partial charge in [0, 0.05) is 28.3 Å². The van der Waals surface area contributed by atoms with E-state index in [0.29, 0.717) is 12.0 Å². The number of Topliss-reactive ketones (excluding diaryl/α,β-unsaturated/α-hetero) is 1. The first kappa shape index (κ1) is 14.1. The van der Waals surface area contributed by atoms with E-state index in [4.69, 9.17) is 0 Å². The van der Waals surface area contributed by atoms with Gasteiger partial charge in [-0.25, -0.2) is 0 Å². The number of dihydropyridines is 1. The van der Waals surface area contributed by atoms with Crippen molar-refractivity contribution in [2.45, 2.75) is 39.5 Å². The highest BCUT2D eigenvalue weighted by atomic mass is 32.1. The number of ketones is 1. The van der Waals surface area contributed by atoms with E-state index < -0.39 is 0 Å². The zero-order valence-corrected chi connectivity index (χ0v) is 13.3. The van der Waals surface area contributed by atoms with Gasteiger partial charge in [-0.15, -0.1) is 11.3 Å². The molecule has 0 saturated carbocycles. The van der Waals surface area contributed by atoms with E-state index in [0.717, 1.165) is 28.3 Å². The Morgan fingerprint density at radius 2 is 2.19 bits per heavy atom. The van der Waals surface area contributed by atoms with Crippen molar-refractivity contribution in [3.05, 3.63) is 44.9 Å². The molecule has 108 valence electrons. The third kappa shape index (κ3) is 2.32. The third-order valence-electron chi connectivity index (χ3n) is 4.19. The number of hydrogen-bond donors (Lipinski definition) is 1. The molecule has 1 atom stereocenters. The fourth-order valence-electron chi connectivity index (χ4n) is 3.32. The van der Waals surface area contributed by atoms with Gasteiger partial charge in [0.1, 0.15) is 0 Å². The monoisotopic (exact) mass is 298 g/mol. The molecule has 0 amide bonds. The van der Waals surface area contributed by atoms with E-state index >= 15 is 0 Å². The Balaban J connectivity index is 2.17. The number of nitrogens with one attached hydrogen (secondary N) is 1. The molecule has 1 aliphatic heterocycles. The summed E-state index contributed by atoms with van der Waals surface area (Å²) in [5, 5.41) is 14.8. The summed E-state index contributed by atoms with van der Waals surface area (Å²) in [6.45, 7) is 6.17. The normalized spacial score (nSPS) is 24.5. The molecular formula is C17H18N2OS. The molecule has 0 saturated heterocycles. The van der Waals surface area contributed by atoms with Gasteiger partial charge in [-0.05, 0) is 30.2 Å². The number of nitriles is 1. The Labute approximate surface area is 129 Å². The zero-order chi connectivity index (χ0) is 15.2. The van der Waals surface area contributed by atoms with Gasteiger partial charge in [0.15, 0.2) is 5.78 Å². The molecule has 0 spiro atoms. The molecule has 21 heavy (non-hydrogen) atoms. The minimum absolute atomic E-state index is 0.0205. The predicted molar refractivity (Wildman–Crippen MR) is 83.6 cm³/mol. The van der Waals surface area contributed by atoms with Crippen LogP contribution in [0.3, 0.4) is 0 Å². The molecule has 0 aromatic carbocycles.